The largest absolute Gasteiger partial charge is 0.355 e. The lowest BCUT2D eigenvalue weighted by molar-refractivity contribution is -0.140. The fourth-order valence-electron chi connectivity index (χ4n) is 4.56. The lowest BCUT2D eigenvalue weighted by Gasteiger charge is -2.34. The Morgan fingerprint density at radius 2 is 1.47 bits per heavy atom. The summed E-state index contributed by atoms with van der Waals surface area (Å²) in [4.78, 5) is 29.2. The number of carbonyl (C=O) groups excluding carboxylic acids is 2. The van der Waals surface area contributed by atoms with Crippen LogP contribution in [0.5, 0.6) is 0 Å². The summed E-state index contributed by atoms with van der Waals surface area (Å²) < 4.78 is 28.9. The van der Waals surface area contributed by atoms with Crippen molar-refractivity contribution < 1.29 is 18.0 Å². The molecule has 1 N–H and O–H groups in total. The number of hydrogen-bond acceptors (Lipinski definition) is 4. The van der Waals surface area contributed by atoms with Crippen molar-refractivity contribution >= 4 is 62.3 Å². The van der Waals surface area contributed by atoms with Crippen LogP contribution in [0, 0.1) is 0 Å². The van der Waals surface area contributed by atoms with Gasteiger partial charge in [-0.05, 0) is 60.5 Å². The minimum absolute atomic E-state index is 0.00312. The molecule has 4 aromatic carbocycles. The van der Waals surface area contributed by atoms with Gasteiger partial charge in [0.25, 0.3) is 10.0 Å². The summed E-state index contributed by atoms with van der Waals surface area (Å²) in [5.74, 6) is -0.974. The van der Waals surface area contributed by atoms with Gasteiger partial charge < -0.3 is 10.2 Å². The van der Waals surface area contributed by atoms with Gasteiger partial charge in [-0.1, -0.05) is 95.5 Å². The van der Waals surface area contributed by atoms with Gasteiger partial charge in [-0.3, -0.25) is 13.9 Å². The zero-order chi connectivity index (χ0) is 31.0. The fraction of sp³-hybridized carbons (Fsp3) is 0.188. The van der Waals surface area contributed by atoms with E-state index >= 15 is 0 Å². The predicted molar refractivity (Wildman–Crippen MR) is 172 cm³/mol. The number of nitrogens with one attached hydrogen (secondary N) is 1. The molecule has 11 heteroatoms. The van der Waals surface area contributed by atoms with Crippen LogP contribution < -0.4 is 9.62 Å². The molecule has 0 heterocycles. The summed E-state index contributed by atoms with van der Waals surface area (Å²) in [7, 11) is -4.21. The van der Waals surface area contributed by atoms with E-state index in [9.17, 15) is 18.0 Å². The standard InChI is InChI=1S/C32H30Cl3N3O4S/c1-2-36-32(40)30(19-23-10-5-3-6-11-23)37(21-24-16-17-28(34)29(35)18-24)31(39)22-38(26-13-9-12-25(33)20-26)43(41,42)27-14-7-4-8-15-27/h3-18,20,30H,2,19,21-22H2,1H3,(H,36,40)/t30-/m0/s1. The maximum absolute atomic E-state index is 14.3. The number of rotatable bonds is 12. The van der Waals surface area contributed by atoms with Crippen molar-refractivity contribution in [3.8, 4) is 0 Å². The molecule has 0 fully saturated rings. The molecule has 0 spiro atoms. The molecule has 0 aliphatic rings. The molecule has 4 rings (SSSR count). The molecule has 4 aromatic rings. The van der Waals surface area contributed by atoms with E-state index in [0.29, 0.717) is 22.2 Å². The Balaban J connectivity index is 1.80. The third-order valence-corrected chi connectivity index (χ3v) is 9.43. The third kappa shape index (κ3) is 8.30. The van der Waals surface area contributed by atoms with E-state index in [1.54, 1.807) is 61.5 Å². The number of likely N-dealkylation sites (N-methyl/N-ethyl adjacent to an activating group) is 1. The van der Waals surface area contributed by atoms with Crippen LogP contribution in [0.3, 0.4) is 0 Å². The normalized spacial score (nSPS) is 11.9. The number of sulfonamides is 1. The van der Waals surface area contributed by atoms with Gasteiger partial charge in [0.1, 0.15) is 12.6 Å². The van der Waals surface area contributed by atoms with Crippen molar-refractivity contribution in [3.05, 3.63) is 129 Å². The maximum atomic E-state index is 14.3. The van der Waals surface area contributed by atoms with Crippen molar-refractivity contribution in [1.29, 1.82) is 0 Å². The molecular weight excluding hydrogens is 629 g/mol. The average molecular weight is 659 g/mol. The Hall–Kier alpha value is -3.56. The van der Waals surface area contributed by atoms with E-state index in [-0.39, 0.29) is 34.5 Å². The van der Waals surface area contributed by atoms with Crippen molar-refractivity contribution in [1.82, 2.24) is 10.2 Å². The summed E-state index contributed by atoms with van der Waals surface area (Å²) in [5.41, 5.74) is 1.65. The van der Waals surface area contributed by atoms with E-state index < -0.39 is 28.5 Å². The van der Waals surface area contributed by atoms with Gasteiger partial charge in [-0.2, -0.15) is 0 Å². The van der Waals surface area contributed by atoms with Crippen LogP contribution in [0.15, 0.2) is 108 Å². The van der Waals surface area contributed by atoms with Gasteiger partial charge in [-0.15, -0.1) is 0 Å². The minimum atomic E-state index is -4.21. The molecule has 43 heavy (non-hydrogen) atoms. The van der Waals surface area contributed by atoms with E-state index in [0.717, 1.165) is 9.87 Å². The van der Waals surface area contributed by atoms with Crippen LogP contribution in [0.1, 0.15) is 18.1 Å². The highest BCUT2D eigenvalue weighted by atomic mass is 35.5. The molecule has 0 saturated carbocycles. The summed E-state index contributed by atoms with van der Waals surface area (Å²) >= 11 is 18.7. The highest BCUT2D eigenvalue weighted by Crippen LogP contribution is 2.28. The Bertz CT molecular complexity index is 1670. The van der Waals surface area contributed by atoms with Crippen LogP contribution in [0.25, 0.3) is 0 Å². The monoisotopic (exact) mass is 657 g/mol. The summed E-state index contributed by atoms with van der Waals surface area (Å²) in [5, 5.41) is 3.76. The Morgan fingerprint density at radius 1 is 0.791 bits per heavy atom. The zero-order valence-electron chi connectivity index (χ0n) is 23.3. The Labute approximate surface area is 267 Å². The third-order valence-electron chi connectivity index (χ3n) is 6.67. The first kappa shape index (κ1) is 32.4. The summed E-state index contributed by atoms with van der Waals surface area (Å²) in [6.07, 6.45) is 0.197. The average Bonchev–Trinajstić information content (AvgIpc) is 3.00. The van der Waals surface area contributed by atoms with E-state index in [4.69, 9.17) is 34.8 Å². The van der Waals surface area contributed by atoms with E-state index in [1.807, 2.05) is 30.3 Å². The second-order valence-corrected chi connectivity index (χ2v) is 12.8. The molecule has 0 bridgehead atoms. The molecule has 0 saturated heterocycles. The molecule has 0 unspecified atom stereocenters. The molecule has 0 radical (unpaired) electrons. The Morgan fingerprint density at radius 3 is 2.09 bits per heavy atom. The van der Waals surface area contributed by atoms with Crippen LogP contribution in [-0.4, -0.2) is 44.3 Å². The highest BCUT2D eigenvalue weighted by Gasteiger charge is 2.34. The van der Waals surface area contributed by atoms with Crippen LogP contribution >= 0.6 is 34.8 Å². The van der Waals surface area contributed by atoms with Gasteiger partial charge in [0.05, 0.1) is 20.6 Å². The van der Waals surface area contributed by atoms with Gasteiger partial charge in [0.15, 0.2) is 0 Å². The van der Waals surface area contributed by atoms with E-state index in [2.05, 4.69) is 5.32 Å². The van der Waals surface area contributed by atoms with Gasteiger partial charge in [0.2, 0.25) is 11.8 Å². The zero-order valence-corrected chi connectivity index (χ0v) is 26.4. The lowest BCUT2D eigenvalue weighted by atomic mass is 10.0. The number of halogens is 3. The molecule has 7 nitrogen and oxygen atoms in total. The molecule has 0 aliphatic heterocycles. The molecule has 0 aliphatic carbocycles. The van der Waals surface area contributed by atoms with Crippen LogP contribution in [0.2, 0.25) is 15.1 Å². The van der Waals surface area contributed by atoms with Gasteiger partial charge in [-0.25, -0.2) is 8.42 Å². The molecular formula is C32H30Cl3N3O4S. The van der Waals surface area contributed by atoms with Gasteiger partial charge >= 0.3 is 0 Å². The lowest BCUT2D eigenvalue weighted by Crippen LogP contribution is -2.53. The second-order valence-electron chi connectivity index (χ2n) is 9.67. The molecule has 2 amide bonds. The fourth-order valence-corrected chi connectivity index (χ4v) is 6.49. The summed E-state index contributed by atoms with van der Waals surface area (Å²) in [6, 6.07) is 27.3. The number of benzene rings is 4. The van der Waals surface area contributed by atoms with Crippen LogP contribution in [-0.2, 0) is 32.6 Å². The predicted octanol–water partition coefficient (Wildman–Crippen LogP) is 6.62. The first-order valence-electron chi connectivity index (χ1n) is 13.5. The first-order valence-corrected chi connectivity index (χ1v) is 16.1. The number of nitrogens with zero attached hydrogens (tertiary/aromatic N) is 2. The number of carbonyl (C=O) groups is 2. The number of anilines is 1. The summed E-state index contributed by atoms with van der Waals surface area (Å²) in [6.45, 7) is 1.51. The SMILES string of the molecule is CCNC(=O)[C@H](Cc1ccccc1)N(Cc1ccc(Cl)c(Cl)c1)C(=O)CN(c1cccc(Cl)c1)S(=O)(=O)c1ccccc1. The van der Waals surface area contributed by atoms with Crippen molar-refractivity contribution in [2.45, 2.75) is 30.8 Å². The minimum Gasteiger partial charge on any atom is -0.355 e. The topological polar surface area (TPSA) is 86.8 Å². The highest BCUT2D eigenvalue weighted by molar-refractivity contribution is 7.92. The van der Waals surface area contributed by atoms with Crippen molar-refractivity contribution in [3.63, 3.8) is 0 Å². The molecule has 0 aromatic heterocycles. The molecule has 1 atom stereocenters. The first-order chi connectivity index (χ1) is 20.6. The van der Waals surface area contributed by atoms with Crippen LogP contribution in [0.4, 0.5) is 5.69 Å². The smallest absolute Gasteiger partial charge is 0.264 e. The van der Waals surface area contributed by atoms with Crippen molar-refractivity contribution in [2.24, 2.45) is 0 Å². The molecule has 224 valence electrons. The second kappa shape index (κ2) is 14.8. The van der Waals surface area contributed by atoms with Gasteiger partial charge in [0, 0.05) is 24.5 Å². The number of amides is 2. The van der Waals surface area contributed by atoms with E-state index in [1.165, 1.54) is 23.1 Å². The number of hydrogen-bond donors (Lipinski definition) is 1. The van der Waals surface area contributed by atoms with Crippen molar-refractivity contribution in [2.75, 3.05) is 17.4 Å². The maximum Gasteiger partial charge on any atom is 0.264 e. The quantitative estimate of drug-likeness (QED) is 0.185. The Kier molecular flexibility index (Phi) is 11.1.